The lowest BCUT2D eigenvalue weighted by atomic mass is 10.1. The smallest absolute Gasteiger partial charge is 0.349 e. The third-order valence-corrected chi connectivity index (χ3v) is 4.25. The van der Waals surface area contributed by atoms with E-state index in [4.69, 9.17) is 16.3 Å². The number of aromatic nitrogens is 3. The highest BCUT2D eigenvalue weighted by atomic mass is 35.5. The number of carbonyl (C=O) groups is 1. The standard InChI is InChI=1S/C19H18ClN3O3/c1-4-23-18-15(8-9-16(21-18)11(2)26-12(3)24)17(22-19(23)25)13-6-5-7-14(20)10-13/h5-11H,4H2,1-3H3. The molecule has 26 heavy (non-hydrogen) atoms. The zero-order chi connectivity index (χ0) is 18.8. The van der Waals surface area contributed by atoms with Crippen LogP contribution in [0.3, 0.4) is 0 Å². The number of benzene rings is 1. The van der Waals surface area contributed by atoms with Crippen molar-refractivity contribution in [2.45, 2.75) is 33.4 Å². The number of pyridine rings is 1. The molecule has 0 radical (unpaired) electrons. The molecular weight excluding hydrogens is 354 g/mol. The van der Waals surface area contributed by atoms with Crippen LogP contribution in [0.4, 0.5) is 0 Å². The van der Waals surface area contributed by atoms with Gasteiger partial charge in [0.1, 0.15) is 11.8 Å². The molecule has 0 N–H and O–H groups in total. The molecule has 0 aliphatic rings. The summed E-state index contributed by atoms with van der Waals surface area (Å²) in [7, 11) is 0. The third kappa shape index (κ3) is 3.46. The van der Waals surface area contributed by atoms with Crippen LogP contribution in [0.1, 0.15) is 32.6 Å². The molecule has 0 amide bonds. The molecule has 3 aromatic rings. The van der Waals surface area contributed by atoms with E-state index in [2.05, 4.69) is 9.97 Å². The predicted octanol–water partition coefficient (Wildman–Crippen LogP) is 3.76. The summed E-state index contributed by atoms with van der Waals surface area (Å²) in [5.41, 5.74) is 1.94. The van der Waals surface area contributed by atoms with E-state index in [1.54, 1.807) is 31.2 Å². The summed E-state index contributed by atoms with van der Waals surface area (Å²) in [5.74, 6) is -0.387. The lowest BCUT2D eigenvalue weighted by Gasteiger charge is -2.15. The number of fused-ring (bicyclic) bond motifs is 1. The van der Waals surface area contributed by atoms with Crippen LogP contribution in [-0.2, 0) is 16.1 Å². The van der Waals surface area contributed by atoms with Crippen molar-refractivity contribution >= 4 is 28.6 Å². The SMILES string of the molecule is CCn1c(=O)nc(-c2cccc(Cl)c2)c2ccc(C(C)OC(C)=O)nc21. The van der Waals surface area contributed by atoms with Crippen LogP contribution < -0.4 is 5.69 Å². The molecule has 2 aromatic heterocycles. The van der Waals surface area contributed by atoms with Crippen molar-refractivity contribution in [1.29, 1.82) is 0 Å². The van der Waals surface area contributed by atoms with Gasteiger partial charge in [-0.1, -0.05) is 23.7 Å². The molecule has 1 atom stereocenters. The Kier molecular flexibility index (Phi) is 5.04. The number of hydrogen-bond donors (Lipinski definition) is 0. The minimum atomic E-state index is -0.514. The highest BCUT2D eigenvalue weighted by molar-refractivity contribution is 6.30. The van der Waals surface area contributed by atoms with E-state index >= 15 is 0 Å². The number of rotatable bonds is 4. The zero-order valence-electron chi connectivity index (χ0n) is 14.7. The Labute approximate surface area is 155 Å². The Morgan fingerprint density at radius 3 is 2.69 bits per heavy atom. The van der Waals surface area contributed by atoms with E-state index in [-0.39, 0.29) is 11.7 Å². The minimum absolute atomic E-state index is 0.387. The van der Waals surface area contributed by atoms with Gasteiger partial charge in [-0.3, -0.25) is 9.36 Å². The molecule has 0 bridgehead atoms. The number of hydrogen-bond acceptors (Lipinski definition) is 5. The number of carbonyl (C=O) groups excluding carboxylic acids is 1. The van der Waals surface area contributed by atoms with Gasteiger partial charge in [-0.25, -0.2) is 9.78 Å². The van der Waals surface area contributed by atoms with E-state index in [0.29, 0.717) is 28.6 Å². The first-order chi connectivity index (χ1) is 12.4. The van der Waals surface area contributed by atoms with Gasteiger partial charge in [-0.2, -0.15) is 4.98 Å². The summed E-state index contributed by atoms with van der Waals surface area (Å²) < 4.78 is 6.69. The van der Waals surface area contributed by atoms with E-state index in [9.17, 15) is 9.59 Å². The number of halogens is 1. The molecule has 6 nitrogen and oxygen atoms in total. The van der Waals surface area contributed by atoms with Crippen molar-refractivity contribution in [3.05, 3.63) is 57.6 Å². The van der Waals surface area contributed by atoms with Crippen LogP contribution in [0, 0.1) is 0 Å². The topological polar surface area (TPSA) is 74.1 Å². The van der Waals surface area contributed by atoms with Crippen LogP contribution in [0.15, 0.2) is 41.2 Å². The maximum absolute atomic E-state index is 12.5. The summed E-state index contributed by atoms with van der Waals surface area (Å²) in [6, 6.07) is 10.8. The largest absolute Gasteiger partial charge is 0.456 e. The zero-order valence-corrected chi connectivity index (χ0v) is 15.4. The fourth-order valence-corrected chi connectivity index (χ4v) is 3.03. The minimum Gasteiger partial charge on any atom is -0.456 e. The van der Waals surface area contributed by atoms with Gasteiger partial charge in [0, 0.05) is 29.4 Å². The van der Waals surface area contributed by atoms with Gasteiger partial charge in [0.2, 0.25) is 0 Å². The molecular formula is C19H18ClN3O3. The lowest BCUT2D eigenvalue weighted by molar-refractivity contribution is -0.145. The Morgan fingerprint density at radius 1 is 1.27 bits per heavy atom. The normalized spacial score (nSPS) is 12.2. The molecule has 1 unspecified atom stereocenters. The van der Waals surface area contributed by atoms with Gasteiger partial charge in [0.05, 0.1) is 11.4 Å². The highest BCUT2D eigenvalue weighted by Crippen LogP contribution is 2.28. The Bertz CT molecular complexity index is 1050. The molecule has 0 saturated carbocycles. The van der Waals surface area contributed by atoms with Gasteiger partial charge >= 0.3 is 11.7 Å². The van der Waals surface area contributed by atoms with Crippen molar-refractivity contribution in [3.63, 3.8) is 0 Å². The maximum atomic E-state index is 12.5. The summed E-state index contributed by atoms with van der Waals surface area (Å²) in [6.45, 7) is 5.37. The van der Waals surface area contributed by atoms with Crippen LogP contribution in [0.5, 0.6) is 0 Å². The second-order valence-corrected chi connectivity index (χ2v) is 6.29. The second kappa shape index (κ2) is 7.25. The lowest BCUT2D eigenvalue weighted by Crippen LogP contribution is -2.24. The van der Waals surface area contributed by atoms with Crippen LogP contribution in [-0.4, -0.2) is 20.5 Å². The number of ether oxygens (including phenoxy) is 1. The monoisotopic (exact) mass is 371 g/mol. The van der Waals surface area contributed by atoms with Crippen molar-refractivity contribution in [2.24, 2.45) is 0 Å². The first kappa shape index (κ1) is 18.1. The molecule has 0 spiro atoms. The van der Waals surface area contributed by atoms with Gasteiger partial charge in [0.15, 0.2) is 0 Å². The summed E-state index contributed by atoms with van der Waals surface area (Å²) >= 11 is 6.08. The van der Waals surface area contributed by atoms with Gasteiger partial charge in [0.25, 0.3) is 0 Å². The maximum Gasteiger partial charge on any atom is 0.349 e. The Morgan fingerprint density at radius 2 is 2.04 bits per heavy atom. The number of aryl methyl sites for hydroxylation is 1. The third-order valence-electron chi connectivity index (χ3n) is 4.02. The molecule has 134 valence electrons. The molecule has 7 heteroatoms. The summed E-state index contributed by atoms with van der Waals surface area (Å²) in [6.07, 6.45) is -0.514. The molecule has 3 rings (SSSR count). The van der Waals surface area contributed by atoms with Crippen molar-refractivity contribution in [1.82, 2.24) is 14.5 Å². The van der Waals surface area contributed by atoms with E-state index in [1.807, 2.05) is 19.1 Å². The van der Waals surface area contributed by atoms with Crippen LogP contribution in [0.25, 0.3) is 22.3 Å². The molecule has 0 fully saturated rings. The molecule has 0 aliphatic carbocycles. The Balaban J connectivity index is 2.26. The quantitative estimate of drug-likeness (QED) is 0.653. The van der Waals surface area contributed by atoms with Crippen molar-refractivity contribution in [3.8, 4) is 11.3 Å². The molecule has 0 saturated heterocycles. The molecule has 1 aromatic carbocycles. The van der Waals surface area contributed by atoms with E-state index in [0.717, 1.165) is 10.9 Å². The summed E-state index contributed by atoms with van der Waals surface area (Å²) in [4.78, 5) is 32.5. The highest BCUT2D eigenvalue weighted by Gasteiger charge is 2.16. The van der Waals surface area contributed by atoms with Crippen molar-refractivity contribution < 1.29 is 9.53 Å². The van der Waals surface area contributed by atoms with Crippen LogP contribution in [0.2, 0.25) is 5.02 Å². The van der Waals surface area contributed by atoms with Crippen molar-refractivity contribution in [2.75, 3.05) is 0 Å². The van der Waals surface area contributed by atoms with Gasteiger partial charge in [-0.15, -0.1) is 0 Å². The Hall–Kier alpha value is -2.73. The van der Waals surface area contributed by atoms with E-state index < -0.39 is 6.10 Å². The van der Waals surface area contributed by atoms with Crippen LogP contribution >= 0.6 is 11.6 Å². The molecule has 2 heterocycles. The first-order valence-electron chi connectivity index (χ1n) is 8.25. The molecule has 0 aliphatic heterocycles. The van der Waals surface area contributed by atoms with E-state index in [1.165, 1.54) is 11.5 Å². The average molecular weight is 372 g/mol. The predicted molar refractivity (Wildman–Crippen MR) is 100 cm³/mol. The average Bonchev–Trinajstić information content (AvgIpc) is 2.60. The fraction of sp³-hybridized carbons (Fsp3) is 0.263. The number of nitrogens with zero attached hydrogens (tertiary/aromatic N) is 3. The second-order valence-electron chi connectivity index (χ2n) is 5.86. The van der Waals surface area contributed by atoms with Gasteiger partial charge < -0.3 is 4.74 Å². The first-order valence-corrected chi connectivity index (χ1v) is 8.63. The number of esters is 1. The van der Waals surface area contributed by atoms with Gasteiger partial charge in [-0.05, 0) is 38.1 Å². The summed E-state index contributed by atoms with van der Waals surface area (Å²) in [5, 5.41) is 1.29. The fourth-order valence-electron chi connectivity index (χ4n) is 2.84.